The number of carbonyl (C=O) groups is 2. The second kappa shape index (κ2) is 6.89. The molecule has 0 saturated heterocycles. The number of nitrogens with one attached hydrogen (secondary N) is 1. The van der Waals surface area contributed by atoms with Crippen LogP contribution in [-0.2, 0) is 9.53 Å². The Bertz CT molecular complexity index is 730. The molecular weight excluding hydrogens is 329 g/mol. The molecule has 1 aromatic heterocycles. The number of ether oxygens (including phenoxy) is 1. The van der Waals surface area contributed by atoms with Gasteiger partial charge < -0.3 is 10.1 Å². The number of hydrogen-bond donors (Lipinski definition) is 1. The lowest BCUT2D eigenvalue weighted by Crippen LogP contribution is -2.21. The molecule has 1 aromatic carbocycles. The molecule has 0 aliphatic carbocycles. The normalized spacial score (nSPS) is 10.4. The first kappa shape index (κ1) is 16.5. The van der Waals surface area contributed by atoms with Gasteiger partial charge in [-0.1, -0.05) is 11.6 Å². The summed E-state index contributed by atoms with van der Waals surface area (Å²) in [5.74, 6) is -1.65. The number of amides is 1. The van der Waals surface area contributed by atoms with Gasteiger partial charge in [-0.05, 0) is 38.1 Å². The number of halogens is 2. The lowest BCUT2D eigenvalue weighted by Gasteiger charge is -2.07. The lowest BCUT2D eigenvalue weighted by molar-refractivity contribution is -0.119. The molecule has 0 bridgehead atoms. The molecule has 0 fully saturated rings. The standard InChI is InChI=1S/C15H13ClFNO3S/c1-8-5-11(9(2)22-8)15(20)21-7-14(19)18-10-3-4-13(17)12(16)6-10/h3-6H,7H2,1-2H3,(H,18,19). The maximum Gasteiger partial charge on any atom is 0.339 e. The number of thiophene rings is 1. The summed E-state index contributed by atoms with van der Waals surface area (Å²) in [5.41, 5.74) is 0.787. The molecule has 0 saturated carbocycles. The molecule has 1 heterocycles. The monoisotopic (exact) mass is 341 g/mol. The second-order valence-electron chi connectivity index (χ2n) is 4.58. The van der Waals surface area contributed by atoms with Crippen molar-refractivity contribution < 1.29 is 18.7 Å². The molecule has 116 valence electrons. The smallest absolute Gasteiger partial charge is 0.339 e. The van der Waals surface area contributed by atoms with Gasteiger partial charge in [-0.2, -0.15) is 0 Å². The Kier molecular flexibility index (Phi) is 5.15. The van der Waals surface area contributed by atoms with Crippen LogP contribution in [0, 0.1) is 19.7 Å². The van der Waals surface area contributed by atoms with E-state index in [4.69, 9.17) is 16.3 Å². The van der Waals surface area contributed by atoms with Gasteiger partial charge >= 0.3 is 5.97 Å². The molecule has 2 aromatic rings. The molecular formula is C15H13ClFNO3S. The minimum Gasteiger partial charge on any atom is -0.452 e. The van der Waals surface area contributed by atoms with E-state index in [9.17, 15) is 14.0 Å². The van der Waals surface area contributed by atoms with Crippen LogP contribution in [-0.4, -0.2) is 18.5 Å². The van der Waals surface area contributed by atoms with E-state index >= 15 is 0 Å². The van der Waals surface area contributed by atoms with Crippen molar-refractivity contribution >= 4 is 40.5 Å². The van der Waals surface area contributed by atoms with E-state index in [0.717, 1.165) is 15.8 Å². The summed E-state index contributed by atoms with van der Waals surface area (Å²) < 4.78 is 18.0. The fourth-order valence-electron chi connectivity index (χ4n) is 1.81. The number of esters is 1. The quantitative estimate of drug-likeness (QED) is 0.856. The van der Waals surface area contributed by atoms with Gasteiger partial charge in [0.15, 0.2) is 6.61 Å². The van der Waals surface area contributed by atoms with Gasteiger partial charge in [-0.15, -0.1) is 11.3 Å². The van der Waals surface area contributed by atoms with Gasteiger partial charge in [0.05, 0.1) is 10.6 Å². The van der Waals surface area contributed by atoms with Crippen LogP contribution in [0.2, 0.25) is 5.02 Å². The Labute approximate surface area is 135 Å². The Morgan fingerprint density at radius 2 is 2.05 bits per heavy atom. The highest BCUT2D eigenvalue weighted by molar-refractivity contribution is 7.12. The number of hydrogen-bond acceptors (Lipinski definition) is 4. The summed E-state index contributed by atoms with van der Waals surface area (Å²) in [5, 5.41) is 2.37. The van der Waals surface area contributed by atoms with Crippen LogP contribution in [0.3, 0.4) is 0 Å². The second-order valence-corrected chi connectivity index (χ2v) is 6.45. The van der Waals surface area contributed by atoms with Gasteiger partial charge in [0, 0.05) is 15.4 Å². The van der Waals surface area contributed by atoms with Crippen LogP contribution < -0.4 is 5.32 Å². The molecule has 0 aliphatic heterocycles. The first-order chi connectivity index (χ1) is 10.4. The van der Waals surface area contributed by atoms with Crippen LogP contribution in [0.5, 0.6) is 0 Å². The average Bonchev–Trinajstić information content (AvgIpc) is 2.79. The predicted molar refractivity (Wildman–Crippen MR) is 84.1 cm³/mol. The van der Waals surface area contributed by atoms with Crippen molar-refractivity contribution in [2.24, 2.45) is 0 Å². The third kappa shape index (κ3) is 4.05. The first-order valence-corrected chi connectivity index (χ1v) is 7.55. The zero-order valence-electron chi connectivity index (χ0n) is 11.9. The Balaban J connectivity index is 1.91. The Morgan fingerprint density at radius 1 is 1.32 bits per heavy atom. The molecule has 4 nitrogen and oxygen atoms in total. The number of rotatable bonds is 4. The van der Waals surface area contributed by atoms with Crippen molar-refractivity contribution in [2.75, 3.05) is 11.9 Å². The largest absolute Gasteiger partial charge is 0.452 e. The highest BCUT2D eigenvalue weighted by Crippen LogP contribution is 2.21. The third-order valence-corrected chi connectivity index (χ3v) is 4.05. The Morgan fingerprint density at radius 3 is 2.64 bits per heavy atom. The molecule has 1 amide bonds. The van der Waals surface area contributed by atoms with E-state index in [-0.39, 0.29) is 5.02 Å². The molecule has 0 atom stereocenters. The zero-order chi connectivity index (χ0) is 16.3. The van der Waals surface area contributed by atoms with Crippen molar-refractivity contribution in [1.29, 1.82) is 0 Å². The molecule has 0 aliphatic rings. The summed E-state index contributed by atoms with van der Waals surface area (Å²) in [6.45, 7) is 3.27. The predicted octanol–water partition coefficient (Wildman–Crippen LogP) is 3.95. The number of aryl methyl sites for hydroxylation is 2. The van der Waals surface area contributed by atoms with Crippen molar-refractivity contribution in [2.45, 2.75) is 13.8 Å². The van der Waals surface area contributed by atoms with Crippen LogP contribution in [0.1, 0.15) is 20.1 Å². The van der Waals surface area contributed by atoms with E-state index in [1.165, 1.54) is 23.5 Å². The van der Waals surface area contributed by atoms with Crippen LogP contribution in [0.15, 0.2) is 24.3 Å². The molecule has 1 N–H and O–H groups in total. The molecule has 0 spiro atoms. The number of carbonyl (C=O) groups excluding carboxylic acids is 2. The van der Waals surface area contributed by atoms with Crippen LogP contribution in [0.25, 0.3) is 0 Å². The Hall–Kier alpha value is -1.92. The maximum atomic E-state index is 13.0. The summed E-state index contributed by atoms with van der Waals surface area (Å²) >= 11 is 7.10. The van der Waals surface area contributed by atoms with Gasteiger partial charge in [0.2, 0.25) is 0 Å². The fraction of sp³-hybridized carbons (Fsp3) is 0.200. The van der Waals surface area contributed by atoms with E-state index in [0.29, 0.717) is 11.3 Å². The summed E-state index contributed by atoms with van der Waals surface area (Å²) in [6, 6.07) is 5.51. The highest BCUT2D eigenvalue weighted by Gasteiger charge is 2.15. The van der Waals surface area contributed by atoms with Crippen molar-refractivity contribution in [1.82, 2.24) is 0 Å². The highest BCUT2D eigenvalue weighted by atomic mass is 35.5. The van der Waals surface area contributed by atoms with E-state index < -0.39 is 24.3 Å². The minimum atomic E-state index is -0.575. The van der Waals surface area contributed by atoms with Crippen LogP contribution in [0.4, 0.5) is 10.1 Å². The molecule has 0 radical (unpaired) electrons. The average molecular weight is 342 g/mol. The lowest BCUT2D eigenvalue weighted by atomic mass is 10.2. The van der Waals surface area contributed by atoms with Crippen LogP contribution >= 0.6 is 22.9 Å². The van der Waals surface area contributed by atoms with Crippen molar-refractivity contribution in [3.05, 3.63) is 50.4 Å². The van der Waals surface area contributed by atoms with Gasteiger partial charge in [0.1, 0.15) is 5.82 Å². The van der Waals surface area contributed by atoms with Crippen molar-refractivity contribution in [3.63, 3.8) is 0 Å². The third-order valence-electron chi connectivity index (χ3n) is 2.80. The van der Waals surface area contributed by atoms with Crippen molar-refractivity contribution in [3.8, 4) is 0 Å². The molecule has 22 heavy (non-hydrogen) atoms. The first-order valence-electron chi connectivity index (χ1n) is 6.36. The number of benzene rings is 1. The fourth-order valence-corrected chi connectivity index (χ4v) is 2.91. The number of anilines is 1. The van der Waals surface area contributed by atoms with E-state index in [1.807, 2.05) is 13.8 Å². The summed E-state index contributed by atoms with van der Waals surface area (Å²) in [6.07, 6.45) is 0. The van der Waals surface area contributed by atoms with Gasteiger partial charge in [-0.25, -0.2) is 9.18 Å². The summed E-state index contributed by atoms with van der Waals surface area (Å²) in [4.78, 5) is 25.4. The SMILES string of the molecule is Cc1cc(C(=O)OCC(=O)Nc2ccc(F)c(Cl)c2)c(C)s1. The zero-order valence-corrected chi connectivity index (χ0v) is 13.5. The van der Waals surface area contributed by atoms with Gasteiger partial charge in [0.25, 0.3) is 5.91 Å². The van der Waals surface area contributed by atoms with Gasteiger partial charge in [-0.3, -0.25) is 4.79 Å². The molecule has 0 unspecified atom stereocenters. The molecule has 2 rings (SSSR count). The molecule has 7 heteroatoms. The maximum absolute atomic E-state index is 13.0. The van der Waals surface area contributed by atoms with E-state index in [2.05, 4.69) is 5.32 Å². The topological polar surface area (TPSA) is 55.4 Å². The minimum absolute atomic E-state index is 0.0980. The summed E-state index contributed by atoms with van der Waals surface area (Å²) in [7, 11) is 0. The van der Waals surface area contributed by atoms with E-state index in [1.54, 1.807) is 6.07 Å².